The van der Waals surface area contributed by atoms with Crippen molar-refractivity contribution in [2.24, 2.45) is 5.73 Å². The van der Waals surface area contributed by atoms with Crippen molar-refractivity contribution >= 4 is 41.4 Å². The van der Waals surface area contributed by atoms with E-state index in [1.165, 1.54) is 0 Å². The lowest BCUT2D eigenvalue weighted by Crippen LogP contribution is -2.62. The molecule has 0 aliphatic heterocycles. The molecule has 16 N–H and O–H groups in total. The molecule has 7 atom stereocenters. The van der Waals surface area contributed by atoms with Gasteiger partial charge >= 0.3 is 5.97 Å². The Balaban J connectivity index is 5.35. The van der Waals surface area contributed by atoms with Crippen molar-refractivity contribution in [2.45, 2.75) is 42.3 Å². The molecule has 0 spiro atoms. The molecule has 22 heteroatoms. The first-order chi connectivity index (χ1) is 20.2. The third-order valence-electron chi connectivity index (χ3n) is 5.41. The highest BCUT2D eigenvalue weighted by molar-refractivity contribution is 5.97. The Labute approximate surface area is 242 Å². The molecule has 43 heavy (non-hydrogen) atoms. The molecule has 22 nitrogen and oxygen atoms in total. The van der Waals surface area contributed by atoms with Crippen LogP contribution in [0.25, 0.3) is 0 Å². The first-order valence-corrected chi connectivity index (χ1v) is 12.3. The highest BCUT2D eigenvalue weighted by Crippen LogP contribution is 1.96. The van der Waals surface area contributed by atoms with Crippen molar-refractivity contribution < 1.29 is 74.4 Å². The topological polar surface area (TPSA) is 380 Å². The number of carbonyl (C=O) groups excluding carboxylic acids is 6. The van der Waals surface area contributed by atoms with E-state index in [0.29, 0.717) is 0 Å². The summed E-state index contributed by atoms with van der Waals surface area (Å²) in [6, 6.07) is -12.2. The molecule has 246 valence electrons. The van der Waals surface area contributed by atoms with Crippen molar-refractivity contribution in [3.05, 3.63) is 0 Å². The van der Waals surface area contributed by atoms with Crippen LogP contribution in [0, 0.1) is 0 Å². The number of rotatable bonds is 20. The molecule has 0 unspecified atom stereocenters. The minimum absolute atomic E-state index is 0.786. The van der Waals surface area contributed by atoms with Gasteiger partial charge in [0.2, 0.25) is 35.4 Å². The van der Waals surface area contributed by atoms with Crippen LogP contribution < -0.4 is 37.6 Å². The van der Waals surface area contributed by atoms with Gasteiger partial charge in [-0.05, 0) is 0 Å². The van der Waals surface area contributed by atoms with E-state index < -0.39 is 130 Å². The van der Waals surface area contributed by atoms with E-state index in [2.05, 4.69) is 0 Å². The molecule has 0 aromatic carbocycles. The van der Waals surface area contributed by atoms with E-state index >= 15 is 0 Å². The SMILES string of the molecule is N[C@H](CO)C(=O)N[C@H](CO)C(=O)N[C@H](CO)C(=O)N[C@H](CO)C(=O)N[C@H](CO)C(=O)N[C@H](CO)C(=O)N[C@H](CO)C(=O)O. The summed E-state index contributed by atoms with van der Waals surface area (Å²) in [7, 11) is 0. The Morgan fingerprint density at radius 2 is 0.605 bits per heavy atom. The van der Waals surface area contributed by atoms with Crippen molar-refractivity contribution in [3.63, 3.8) is 0 Å². The first-order valence-electron chi connectivity index (χ1n) is 12.3. The van der Waals surface area contributed by atoms with Gasteiger partial charge in [0.05, 0.1) is 46.2 Å². The maximum atomic E-state index is 12.6. The largest absolute Gasteiger partial charge is 0.480 e. The zero-order chi connectivity index (χ0) is 33.3. The van der Waals surface area contributed by atoms with Crippen LogP contribution in [0.15, 0.2) is 0 Å². The molecular formula is C21H37N7O15. The summed E-state index contributed by atoms with van der Waals surface area (Å²) >= 11 is 0. The number of carboxylic acids is 1. The van der Waals surface area contributed by atoms with Crippen LogP contribution in [0.2, 0.25) is 0 Å². The molecule has 0 radical (unpaired) electrons. The predicted molar refractivity (Wildman–Crippen MR) is 137 cm³/mol. The quantitative estimate of drug-likeness (QED) is 0.0595. The molecule has 0 aromatic rings. The van der Waals surface area contributed by atoms with Gasteiger partial charge in [0.15, 0.2) is 0 Å². The van der Waals surface area contributed by atoms with E-state index in [1.807, 2.05) is 31.9 Å². The van der Waals surface area contributed by atoms with Crippen molar-refractivity contribution in [2.75, 3.05) is 46.2 Å². The van der Waals surface area contributed by atoms with Crippen LogP contribution in [0.3, 0.4) is 0 Å². The number of hydrogen-bond acceptors (Lipinski definition) is 15. The van der Waals surface area contributed by atoms with Gasteiger partial charge in [0.25, 0.3) is 0 Å². The Bertz CT molecular complexity index is 985. The fraction of sp³-hybridized carbons (Fsp3) is 0.667. The number of carbonyl (C=O) groups is 7. The minimum atomic E-state index is -1.85. The lowest BCUT2D eigenvalue weighted by molar-refractivity contribution is -0.143. The second kappa shape index (κ2) is 20.0. The summed E-state index contributed by atoms with van der Waals surface area (Å²) in [4.78, 5) is 84.7. The molecule has 0 aromatic heterocycles. The lowest BCUT2D eigenvalue weighted by atomic mass is 10.1. The van der Waals surface area contributed by atoms with Crippen LogP contribution in [0.5, 0.6) is 0 Å². The van der Waals surface area contributed by atoms with Gasteiger partial charge in [-0.25, -0.2) is 4.79 Å². The van der Waals surface area contributed by atoms with Gasteiger partial charge < -0.3 is 78.5 Å². The first kappa shape index (κ1) is 39.0. The fourth-order valence-corrected chi connectivity index (χ4v) is 2.88. The fourth-order valence-electron chi connectivity index (χ4n) is 2.88. The monoisotopic (exact) mass is 627 g/mol. The number of aliphatic hydroxyl groups is 7. The van der Waals surface area contributed by atoms with E-state index in [-0.39, 0.29) is 0 Å². The summed E-state index contributed by atoms with van der Waals surface area (Å²) < 4.78 is 0. The van der Waals surface area contributed by atoms with Crippen molar-refractivity contribution in [1.29, 1.82) is 0 Å². The highest BCUT2D eigenvalue weighted by Gasteiger charge is 2.32. The maximum Gasteiger partial charge on any atom is 0.328 e. The second-order valence-electron chi connectivity index (χ2n) is 8.59. The average Bonchev–Trinajstić information content (AvgIpc) is 2.99. The van der Waals surface area contributed by atoms with Crippen LogP contribution in [0.4, 0.5) is 0 Å². The van der Waals surface area contributed by atoms with Crippen LogP contribution in [0.1, 0.15) is 0 Å². The number of aliphatic carboxylic acids is 1. The van der Waals surface area contributed by atoms with Gasteiger partial charge in [-0.15, -0.1) is 0 Å². The Hall–Kier alpha value is -4.03. The molecule has 0 saturated carbocycles. The van der Waals surface area contributed by atoms with E-state index in [1.54, 1.807) is 0 Å². The molecule has 6 amide bonds. The number of aliphatic hydroxyl groups excluding tert-OH is 7. The highest BCUT2D eigenvalue weighted by atomic mass is 16.4. The van der Waals surface area contributed by atoms with Crippen LogP contribution >= 0.6 is 0 Å². The van der Waals surface area contributed by atoms with Gasteiger partial charge in [-0.1, -0.05) is 0 Å². The molecule has 0 bridgehead atoms. The van der Waals surface area contributed by atoms with Crippen LogP contribution in [-0.4, -0.2) is 171 Å². The van der Waals surface area contributed by atoms with Crippen molar-refractivity contribution in [1.82, 2.24) is 31.9 Å². The molecule has 0 aliphatic rings. The van der Waals surface area contributed by atoms with E-state index in [9.17, 15) is 59.1 Å². The third-order valence-corrected chi connectivity index (χ3v) is 5.41. The van der Waals surface area contributed by atoms with Gasteiger partial charge in [0.1, 0.15) is 42.3 Å². The Kier molecular flexibility index (Phi) is 18.1. The zero-order valence-electron chi connectivity index (χ0n) is 22.5. The number of nitrogens with one attached hydrogen (secondary N) is 6. The molecule has 0 heterocycles. The summed E-state index contributed by atoms with van der Waals surface area (Å²) in [5, 5.41) is 85.7. The second-order valence-corrected chi connectivity index (χ2v) is 8.59. The van der Waals surface area contributed by atoms with E-state index in [0.717, 1.165) is 0 Å². The number of hydrogen-bond donors (Lipinski definition) is 15. The molecule has 0 fully saturated rings. The Morgan fingerprint density at radius 3 is 0.791 bits per heavy atom. The van der Waals surface area contributed by atoms with Gasteiger partial charge in [-0.3, -0.25) is 28.8 Å². The number of nitrogens with two attached hydrogens (primary N) is 1. The Morgan fingerprint density at radius 1 is 0.395 bits per heavy atom. The lowest BCUT2D eigenvalue weighted by Gasteiger charge is -2.25. The maximum absolute atomic E-state index is 12.6. The summed E-state index contributed by atoms with van der Waals surface area (Å²) in [5.74, 6) is -8.90. The summed E-state index contributed by atoms with van der Waals surface area (Å²) in [5.41, 5.74) is 5.29. The van der Waals surface area contributed by atoms with E-state index in [4.69, 9.17) is 21.1 Å². The zero-order valence-corrected chi connectivity index (χ0v) is 22.5. The summed E-state index contributed by atoms with van der Waals surface area (Å²) in [6.07, 6.45) is 0. The molecule has 0 aliphatic carbocycles. The van der Waals surface area contributed by atoms with Crippen LogP contribution in [-0.2, 0) is 33.6 Å². The number of carboxylic acid groups (broad SMARTS) is 1. The molecule has 0 saturated heterocycles. The minimum Gasteiger partial charge on any atom is -0.480 e. The average molecular weight is 628 g/mol. The summed E-state index contributed by atoms with van der Waals surface area (Å²) in [6.45, 7) is -7.16. The van der Waals surface area contributed by atoms with Crippen molar-refractivity contribution in [3.8, 4) is 0 Å². The normalized spacial score (nSPS) is 15.7. The smallest absolute Gasteiger partial charge is 0.328 e. The third kappa shape index (κ3) is 12.8. The van der Waals surface area contributed by atoms with Gasteiger partial charge in [-0.2, -0.15) is 0 Å². The number of amides is 6. The van der Waals surface area contributed by atoms with Gasteiger partial charge in [0, 0.05) is 0 Å². The standard InChI is InChI=1S/C21H37N7O15/c22-8(1-29)15(36)23-9(2-30)16(37)24-10(3-31)17(38)25-11(4-32)18(39)26-12(5-33)19(40)27-13(6-34)20(41)28-14(7-35)21(42)43/h8-14,29-35H,1-7,22H2,(H,23,36)(H,24,37)(H,25,38)(H,26,39)(H,27,40)(H,28,41)(H,42,43)/t8-,9-,10-,11-,12-,13-,14-/m1/s1. The molecular weight excluding hydrogens is 590 g/mol. The predicted octanol–water partition coefficient (Wildman–Crippen LogP) is -10.7. The molecule has 0 rings (SSSR count).